The fourth-order valence-corrected chi connectivity index (χ4v) is 2.42. The number of carboxylic acid groups (broad SMARTS) is 1. The van der Waals surface area contributed by atoms with Crippen LogP contribution in [0, 0.1) is 6.92 Å². The van der Waals surface area contributed by atoms with Crippen LogP contribution in [0.3, 0.4) is 0 Å². The van der Waals surface area contributed by atoms with E-state index in [-0.39, 0.29) is 5.92 Å². The number of nitrogens with zero attached hydrogens (tertiary/aromatic N) is 1. The summed E-state index contributed by atoms with van der Waals surface area (Å²) in [6, 6.07) is 5.21. The number of fused-ring (bicyclic) bond motifs is 1. The van der Waals surface area contributed by atoms with Crippen molar-refractivity contribution >= 4 is 28.5 Å². The van der Waals surface area contributed by atoms with Crippen LogP contribution in [0.4, 0.5) is 0 Å². The largest absolute Gasteiger partial charge is 0.478 e. The first-order valence-corrected chi connectivity index (χ1v) is 6.13. The first kappa shape index (κ1) is 12.8. The zero-order valence-electron chi connectivity index (χ0n) is 10.5. The van der Waals surface area contributed by atoms with Gasteiger partial charge in [0.25, 0.3) is 0 Å². The fourth-order valence-electron chi connectivity index (χ4n) is 2.20. The van der Waals surface area contributed by atoms with Crippen molar-refractivity contribution in [2.75, 3.05) is 0 Å². The summed E-state index contributed by atoms with van der Waals surface area (Å²) in [5.74, 6) is -0.784. The van der Waals surface area contributed by atoms with Gasteiger partial charge in [0.05, 0.1) is 16.1 Å². The third kappa shape index (κ3) is 1.95. The Hall–Kier alpha value is -1.61. The van der Waals surface area contributed by atoms with Crippen molar-refractivity contribution < 1.29 is 9.90 Å². The van der Waals surface area contributed by atoms with Crippen molar-refractivity contribution in [3.63, 3.8) is 0 Å². The van der Waals surface area contributed by atoms with Gasteiger partial charge in [-0.15, -0.1) is 0 Å². The lowest BCUT2D eigenvalue weighted by Gasteiger charge is -2.14. The number of hydrogen-bond acceptors (Lipinski definition) is 2. The first-order chi connectivity index (χ1) is 8.43. The van der Waals surface area contributed by atoms with Gasteiger partial charge in [0.2, 0.25) is 0 Å². The lowest BCUT2D eigenvalue weighted by molar-refractivity contribution is 0.0698. The van der Waals surface area contributed by atoms with Crippen LogP contribution in [0.15, 0.2) is 18.2 Å². The second-order valence-electron chi connectivity index (χ2n) is 4.59. The van der Waals surface area contributed by atoms with Gasteiger partial charge in [-0.05, 0) is 24.5 Å². The van der Waals surface area contributed by atoms with E-state index in [9.17, 15) is 9.90 Å². The lowest BCUT2D eigenvalue weighted by atomic mass is 9.96. The molecule has 0 amide bonds. The highest BCUT2D eigenvalue weighted by atomic mass is 35.5. The van der Waals surface area contributed by atoms with E-state index < -0.39 is 5.97 Å². The molecule has 0 saturated heterocycles. The molecule has 0 fully saturated rings. The topological polar surface area (TPSA) is 50.2 Å². The van der Waals surface area contributed by atoms with Crippen LogP contribution in [-0.2, 0) is 0 Å². The van der Waals surface area contributed by atoms with Crippen molar-refractivity contribution in [1.29, 1.82) is 0 Å². The van der Waals surface area contributed by atoms with Gasteiger partial charge in [-0.3, -0.25) is 4.98 Å². The molecule has 0 saturated carbocycles. The molecular formula is C14H14ClNO2. The molecule has 4 heteroatoms. The maximum atomic E-state index is 11.5. The highest BCUT2D eigenvalue weighted by Gasteiger charge is 2.19. The molecule has 94 valence electrons. The van der Waals surface area contributed by atoms with E-state index in [1.165, 1.54) is 0 Å². The molecule has 0 spiro atoms. The third-order valence-corrected chi connectivity index (χ3v) is 3.31. The van der Waals surface area contributed by atoms with Crippen molar-refractivity contribution in [3.8, 4) is 0 Å². The molecule has 1 aromatic heterocycles. The Balaban J connectivity index is 2.97. The fraction of sp³-hybridized carbons (Fsp3) is 0.286. The average molecular weight is 264 g/mol. The van der Waals surface area contributed by atoms with Gasteiger partial charge in [-0.25, -0.2) is 4.79 Å². The monoisotopic (exact) mass is 263 g/mol. The summed E-state index contributed by atoms with van der Waals surface area (Å²) in [4.78, 5) is 16.0. The molecule has 0 unspecified atom stereocenters. The Kier molecular flexibility index (Phi) is 3.26. The number of halogens is 1. The van der Waals surface area contributed by atoms with E-state index >= 15 is 0 Å². The SMILES string of the molecule is Cc1c(C(C)C)nc2c(Cl)cccc2c1C(=O)O. The first-order valence-electron chi connectivity index (χ1n) is 5.75. The maximum absolute atomic E-state index is 11.5. The molecule has 1 aromatic carbocycles. The van der Waals surface area contributed by atoms with Crippen LogP contribution in [0.2, 0.25) is 5.02 Å². The normalized spacial score (nSPS) is 11.2. The summed E-state index contributed by atoms with van der Waals surface area (Å²) < 4.78 is 0. The van der Waals surface area contributed by atoms with Crippen LogP contribution in [0.25, 0.3) is 10.9 Å². The van der Waals surface area contributed by atoms with Crippen LogP contribution < -0.4 is 0 Å². The van der Waals surface area contributed by atoms with E-state index in [0.717, 1.165) is 5.69 Å². The number of para-hydroxylation sites is 1. The maximum Gasteiger partial charge on any atom is 0.336 e. The average Bonchev–Trinajstić information content (AvgIpc) is 2.27. The van der Waals surface area contributed by atoms with E-state index in [4.69, 9.17) is 11.6 Å². The Morgan fingerprint density at radius 3 is 2.61 bits per heavy atom. The third-order valence-electron chi connectivity index (χ3n) is 3.01. The summed E-state index contributed by atoms with van der Waals surface area (Å²) in [6.07, 6.45) is 0. The number of pyridine rings is 1. The minimum Gasteiger partial charge on any atom is -0.478 e. The molecule has 0 aliphatic rings. The second-order valence-corrected chi connectivity index (χ2v) is 5.00. The molecule has 1 heterocycles. The van der Waals surface area contributed by atoms with Crippen molar-refractivity contribution in [3.05, 3.63) is 40.0 Å². The van der Waals surface area contributed by atoms with Gasteiger partial charge < -0.3 is 5.11 Å². The Morgan fingerprint density at radius 1 is 1.39 bits per heavy atom. The van der Waals surface area contributed by atoms with Gasteiger partial charge in [-0.2, -0.15) is 0 Å². The second kappa shape index (κ2) is 4.58. The van der Waals surface area contributed by atoms with Gasteiger partial charge >= 0.3 is 5.97 Å². The number of carbonyl (C=O) groups is 1. The number of aromatic carboxylic acids is 1. The zero-order valence-corrected chi connectivity index (χ0v) is 11.2. The summed E-state index contributed by atoms with van der Waals surface area (Å²) in [5, 5.41) is 10.5. The van der Waals surface area contributed by atoms with Crippen molar-refractivity contribution in [2.24, 2.45) is 0 Å². The molecule has 0 aliphatic carbocycles. The zero-order chi connectivity index (χ0) is 13.4. The predicted octanol–water partition coefficient (Wildman–Crippen LogP) is 4.02. The standard InChI is InChI=1S/C14H14ClNO2/c1-7(2)12-8(3)11(14(17)18)9-5-4-6-10(15)13(9)16-12/h4-7H,1-3H3,(H,17,18). The smallest absolute Gasteiger partial charge is 0.336 e. The van der Waals surface area contributed by atoms with Gasteiger partial charge in [0.15, 0.2) is 0 Å². The van der Waals surface area contributed by atoms with Crippen LogP contribution in [-0.4, -0.2) is 16.1 Å². The van der Waals surface area contributed by atoms with E-state index in [2.05, 4.69) is 4.98 Å². The molecule has 0 aliphatic heterocycles. The number of carboxylic acids is 1. The predicted molar refractivity (Wildman–Crippen MR) is 72.5 cm³/mol. The number of hydrogen-bond donors (Lipinski definition) is 1. The summed E-state index contributed by atoms with van der Waals surface area (Å²) in [7, 11) is 0. The summed E-state index contributed by atoms with van der Waals surface area (Å²) in [6.45, 7) is 5.78. The molecule has 0 bridgehead atoms. The molecule has 0 radical (unpaired) electrons. The van der Waals surface area contributed by atoms with Crippen LogP contribution in [0.5, 0.6) is 0 Å². The summed E-state index contributed by atoms with van der Waals surface area (Å²) >= 11 is 6.11. The molecule has 1 N–H and O–H groups in total. The number of benzene rings is 1. The molecule has 2 rings (SSSR count). The van der Waals surface area contributed by atoms with Gasteiger partial charge in [0.1, 0.15) is 0 Å². The minimum absolute atomic E-state index is 0.156. The number of rotatable bonds is 2. The Labute approximate surface area is 110 Å². The highest BCUT2D eigenvalue weighted by Crippen LogP contribution is 2.30. The Morgan fingerprint density at radius 2 is 2.06 bits per heavy atom. The van der Waals surface area contributed by atoms with Crippen molar-refractivity contribution in [2.45, 2.75) is 26.7 Å². The molecule has 3 nitrogen and oxygen atoms in total. The molecule has 18 heavy (non-hydrogen) atoms. The molecular weight excluding hydrogens is 250 g/mol. The summed E-state index contributed by atoms with van der Waals surface area (Å²) in [5.41, 5.74) is 2.36. The van der Waals surface area contributed by atoms with Gasteiger partial charge in [0, 0.05) is 11.1 Å². The van der Waals surface area contributed by atoms with Crippen LogP contribution in [0.1, 0.15) is 41.4 Å². The van der Waals surface area contributed by atoms with Gasteiger partial charge in [-0.1, -0.05) is 37.6 Å². The minimum atomic E-state index is -0.941. The van der Waals surface area contributed by atoms with E-state index in [1.54, 1.807) is 25.1 Å². The number of aromatic nitrogens is 1. The van der Waals surface area contributed by atoms with Crippen molar-refractivity contribution in [1.82, 2.24) is 4.98 Å². The Bertz CT molecular complexity index is 635. The van der Waals surface area contributed by atoms with E-state index in [1.807, 2.05) is 13.8 Å². The van der Waals surface area contributed by atoms with E-state index in [0.29, 0.717) is 27.1 Å². The quantitative estimate of drug-likeness (QED) is 0.890. The van der Waals surface area contributed by atoms with Crippen LogP contribution >= 0.6 is 11.6 Å². The molecule has 2 aromatic rings. The lowest BCUT2D eigenvalue weighted by Crippen LogP contribution is -2.08. The highest BCUT2D eigenvalue weighted by molar-refractivity contribution is 6.35. The molecule has 0 atom stereocenters.